The fourth-order valence-electron chi connectivity index (χ4n) is 2.42. The second-order valence-electron chi connectivity index (χ2n) is 4.46. The zero-order valence-electron chi connectivity index (χ0n) is 10.2. The summed E-state index contributed by atoms with van der Waals surface area (Å²) in [7, 11) is 0. The Morgan fingerprint density at radius 3 is 3.06 bits per heavy atom. The third-order valence-corrected chi connectivity index (χ3v) is 3.24. The Labute approximate surface area is 98.0 Å². The lowest BCUT2D eigenvalue weighted by Crippen LogP contribution is -2.29. The summed E-state index contributed by atoms with van der Waals surface area (Å²) in [6.07, 6.45) is 2.73. The smallest absolute Gasteiger partial charge is 0.0671 e. The van der Waals surface area contributed by atoms with Crippen LogP contribution in [0.2, 0.25) is 0 Å². The Morgan fingerprint density at radius 1 is 1.44 bits per heavy atom. The van der Waals surface area contributed by atoms with E-state index in [-0.39, 0.29) is 0 Å². The molecule has 1 aliphatic carbocycles. The van der Waals surface area contributed by atoms with E-state index in [0.29, 0.717) is 12.1 Å². The molecule has 88 valence electrons. The minimum atomic E-state index is 0.303. The van der Waals surface area contributed by atoms with E-state index in [9.17, 15) is 0 Å². The van der Waals surface area contributed by atoms with Crippen molar-refractivity contribution in [3.05, 3.63) is 35.4 Å². The predicted molar refractivity (Wildman–Crippen MR) is 66.6 cm³/mol. The van der Waals surface area contributed by atoms with E-state index in [0.717, 1.165) is 13.2 Å². The van der Waals surface area contributed by atoms with Gasteiger partial charge in [0.05, 0.1) is 6.10 Å². The summed E-state index contributed by atoms with van der Waals surface area (Å²) in [4.78, 5) is 0. The predicted octanol–water partition coefficient (Wildman–Crippen LogP) is 2.69. The molecule has 0 heterocycles. The molecule has 0 spiro atoms. The van der Waals surface area contributed by atoms with Gasteiger partial charge in [-0.05, 0) is 37.8 Å². The lowest BCUT2D eigenvalue weighted by atomic mass is 10.1. The minimum Gasteiger partial charge on any atom is -0.377 e. The highest BCUT2D eigenvalue weighted by molar-refractivity contribution is 5.34. The van der Waals surface area contributed by atoms with Crippen LogP contribution in [0, 0.1) is 0 Å². The van der Waals surface area contributed by atoms with E-state index >= 15 is 0 Å². The van der Waals surface area contributed by atoms with Crippen molar-refractivity contribution in [1.82, 2.24) is 5.32 Å². The maximum Gasteiger partial charge on any atom is 0.0671 e. The molecular weight excluding hydrogens is 198 g/mol. The molecule has 2 atom stereocenters. The zero-order valence-corrected chi connectivity index (χ0v) is 10.2. The average molecular weight is 219 g/mol. The van der Waals surface area contributed by atoms with Gasteiger partial charge in [0.1, 0.15) is 0 Å². The topological polar surface area (TPSA) is 21.3 Å². The molecule has 0 bridgehead atoms. The number of ether oxygens (including phenoxy) is 1. The summed E-state index contributed by atoms with van der Waals surface area (Å²) in [5.74, 6) is 0. The highest BCUT2D eigenvalue weighted by atomic mass is 16.5. The van der Waals surface area contributed by atoms with Gasteiger partial charge in [0, 0.05) is 19.2 Å². The number of aryl methyl sites for hydroxylation is 1. The van der Waals surface area contributed by atoms with E-state index in [1.54, 1.807) is 0 Å². The minimum absolute atomic E-state index is 0.303. The van der Waals surface area contributed by atoms with Gasteiger partial charge < -0.3 is 10.1 Å². The van der Waals surface area contributed by atoms with Gasteiger partial charge in [0.15, 0.2) is 0 Å². The van der Waals surface area contributed by atoms with Gasteiger partial charge in [-0.1, -0.05) is 24.3 Å². The van der Waals surface area contributed by atoms with Crippen molar-refractivity contribution in [1.29, 1.82) is 0 Å². The molecule has 0 aromatic heterocycles. The average Bonchev–Trinajstić information content (AvgIpc) is 2.70. The van der Waals surface area contributed by atoms with Gasteiger partial charge in [-0.2, -0.15) is 0 Å². The van der Waals surface area contributed by atoms with Gasteiger partial charge in [0.25, 0.3) is 0 Å². The van der Waals surface area contributed by atoms with Crippen LogP contribution in [0.3, 0.4) is 0 Å². The van der Waals surface area contributed by atoms with E-state index in [1.165, 1.54) is 24.0 Å². The highest BCUT2D eigenvalue weighted by Gasteiger charge is 2.21. The second-order valence-corrected chi connectivity index (χ2v) is 4.46. The summed E-state index contributed by atoms with van der Waals surface area (Å²) in [6, 6.07) is 9.27. The fourth-order valence-corrected chi connectivity index (χ4v) is 2.42. The Hall–Kier alpha value is -0.860. The molecular formula is C14H21NO. The van der Waals surface area contributed by atoms with Crippen molar-refractivity contribution in [3.63, 3.8) is 0 Å². The number of nitrogens with one attached hydrogen (secondary N) is 1. The van der Waals surface area contributed by atoms with Crippen molar-refractivity contribution in [3.8, 4) is 0 Å². The first kappa shape index (κ1) is 11.6. The van der Waals surface area contributed by atoms with E-state index < -0.39 is 0 Å². The first-order chi connectivity index (χ1) is 7.81. The monoisotopic (exact) mass is 219 g/mol. The van der Waals surface area contributed by atoms with E-state index in [4.69, 9.17) is 4.74 Å². The van der Waals surface area contributed by atoms with Gasteiger partial charge in [0.2, 0.25) is 0 Å². The molecule has 2 unspecified atom stereocenters. The van der Waals surface area contributed by atoms with Gasteiger partial charge in [-0.3, -0.25) is 0 Å². The van der Waals surface area contributed by atoms with Gasteiger partial charge in [-0.25, -0.2) is 0 Å². The third-order valence-electron chi connectivity index (χ3n) is 3.24. The second kappa shape index (κ2) is 5.46. The standard InChI is InChI=1S/C14H21NO/c1-3-16-11(2)10-15-14-9-8-12-6-4-5-7-13(12)14/h4-7,11,14-15H,3,8-10H2,1-2H3. The molecule has 0 saturated heterocycles. The van der Waals surface area contributed by atoms with Crippen molar-refractivity contribution in [2.45, 2.75) is 38.8 Å². The van der Waals surface area contributed by atoms with Crippen LogP contribution in [0.25, 0.3) is 0 Å². The lowest BCUT2D eigenvalue weighted by Gasteiger charge is -2.18. The number of rotatable bonds is 5. The molecule has 1 aliphatic rings. The van der Waals surface area contributed by atoms with Crippen molar-refractivity contribution in [2.24, 2.45) is 0 Å². The quantitative estimate of drug-likeness (QED) is 0.822. The number of benzene rings is 1. The Kier molecular flexibility index (Phi) is 3.97. The molecule has 2 nitrogen and oxygen atoms in total. The maximum atomic E-state index is 5.53. The largest absolute Gasteiger partial charge is 0.377 e. The first-order valence-corrected chi connectivity index (χ1v) is 6.24. The van der Waals surface area contributed by atoms with Crippen LogP contribution in [0.15, 0.2) is 24.3 Å². The normalized spacial score (nSPS) is 20.8. The van der Waals surface area contributed by atoms with Crippen LogP contribution >= 0.6 is 0 Å². The molecule has 2 heteroatoms. The van der Waals surface area contributed by atoms with E-state index in [1.807, 2.05) is 6.92 Å². The molecule has 1 N–H and O–H groups in total. The first-order valence-electron chi connectivity index (χ1n) is 6.24. The molecule has 0 fully saturated rings. The molecule has 1 aromatic carbocycles. The van der Waals surface area contributed by atoms with Crippen LogP contribution in [-0.2, 0) is 11.2 Å². The fraction of sp³-hybridized carbons (Fsp3) is 0.571. The van der Waals surface area contributed by atoms with Gasteiger partial charge in [-0.15, -0.1) is 0 Å². The number of hydrogen-bond acceptors (Lipinski definition) is 2. The Bertz CT molecular complexity index is 337. The van der Waals surface area contributed by atoms with Crippen LogP contribution in [0.5, 0.6) is 0 Å². The molecule has 16 heavy (non-hydrogen) atoms. The summed E-state index contributed by atoms with van der Waals surface area (Å²) >= 11 is 0. The maximum absolute atomic E-state index is 5.53. The summed E-state index contributed by atoms with van der Waals surface area (Å²) in [5, 5.41) is 3.60. The summed E-state index contributed by atoms with van der Waals surface area (Å²) in [6.45, 7) is 5.90. The molecule has 0 saturated carbocycles. The van der Waals surface area contributed by atoms with Gasteiger partial charge >= 0.3 is 0 Å². The van der Waals surface area contributed by atoms with Crippen LogP contribution in [0.4, 0.5) is 0 Å². The molecule has 0 amide bonds. The Morgan fingerprint density at radius 2 is 2.25 bits per heavy atom. The lowest BCUT2D eigenvalue weighted by molar-refractivity contribution is 0.0739. The van der Waals surface area contributed by atoms with Crippen LogP contribution < -0.4 is 5.32 Å². The van der Waals surface area contributed by atoms with E-state index in [2.05, 4.69) is 36.5 Å². The number of hydrogen-bond donors (Lipinski definition) is 1. The molecule has 1 aromatic rings. The van der Waals surface area contributed by atoms with Crippen molar-refractivity contribution < 1.29 is 4.74 Å². The SMILES string of the molecule is CCOC(C)CNC1CCc2ccccc21. The summed E-state index contributed by atoms with van der Waals surface area (Å²) < 4.78 is 5.53. The van der Waals surface area contributed by atoms with Crippen LogP contribution in [0.1, 0.15) is 37.4 Å². The van der Waals surface area contributed by atoms with Crippen molar-refractivity contribution >= 4 is 0 Å². The molecule has 2 rings (SSSR count). The van der Waals surface area contributed by atoms with Crippen LogP contribution in [-0.4, -0.2) is 19.3 Å². The Balaban J connectivity index is 1.88. The molecule has 0 aliphatic heterocycles. The van der Waals surface area contributed by atoms with Crippen molar-refractivity contribution in [2.75, 3.05) is 13.2 Å². The third kappa shape index (κ3) is 2.63. The molecule has 0 radical (unpaired) electrons. The zero-order chi connectivity index (χ0) is 11.4. The highest BCUT2D eigenvalue weighted by Crippen LogP contribution is 2.30. The number of fused-ring (bicyclic) bond motifs is 1. The summed E-state index contributed by atoms with van der Waals surface area (Å²) in [5.41, 5.74) is 2.98.